The van der Waals surface area contributed by atoms with Crippen molar-refractivity contribution in [1.82, 2.24) is 24.9 Å². The normalized spacial score (nSPS) is 20.5. The summed E-state index contributed by atoms with van der Waals surface area (Å²) in [6, 6.07) is 6.09. The van der Waals surface area contributed by atoms with Gasteiger partial charge in [0, 0.05) is 32.2 Å². The Morgan fingerprint density at radius 3 is 2.79 bits per heavy atom. The predicted molar refractivity (Wildman–Crippen MR) is 102 cm³/mol. The van der Waals surface area contributed by atoms with Crippen LogP contribution in [0.15, 0.2) is 30.5 Å². The number of carbonyl (C=O) groups is 2. The quantitative estimate of drug-likeness (QED) is 0.866. The molecule has 4 rings (SSSR count). The van der Waals surface area contributed by atoms with Gasteiger partial charge in [-0.25, -0.2) is 9.07 Å². The van der Waals surface area contributed by atoms with E-state index in [-0.39, 0.29) is 23.7 Å². The number of hydrogen-bond acceptors (Lipinski definition) is 4. The number of amides is 2. The van der Waals surface area contributed by atoms with Crippen molar-refractivity contribution in [2.45, 2.75) is 25.8 Å². The van der Waals surface area contributed by atoms with Gasteiger partial charge >= 0.3 is 0 Å². The largest absolute Gasteiger partial charge is 0.336 e. The van der Waals surface area contributed by atoms with Gasteiger partial charge in [0.25, 0.3) is 5.91 Å². The highest BCUT2D eigenvalue weighted by Gasteiger charge is 2.32. The molecular weight excluding hydrogens is 361 g/mol. The first kappa shape index (κ1) is 18.6. The highest BCUT2D eigenvalue weighted by atomic mass is 19.1. The third-order valence-electron chi connectivity index (χ3n) is 5.56. The van der Waals surface area contributed by atoms with Crippen LogP contribution >= 0.6 is 0 Å². The van der Waals surface area contributed by atoms with Gasteiger partial charge < -0.3 is 15.1 Å². The maximum atomic E-state index is 13.2. The molecule has 2 amide bonds. The van der Waals surface area contributed by atoms with Gasteiger partial charge in [0.1, 0.15) is 5.82 Å². The van der Waals surface area contributed by atoms with E-state index in [2.05, 4.69) is 10.4 Å². The van der Waals surface area contributed by atoms with E-state index < -0.39 is 0 Å². The zero-order chi connectivity index (χ0) is 19.7. The number of hydrogen-bond donors (Lipinski definition) is 1. The van der Waals surface area contributed by atoms with Crippen molar-refractivity contribution in [2.24, 2.45) is 0 Å². The van der Waals surface area contributed by atoms with Crippen LogP contribution in [0.1, 0.15) is 28.9 Å². The van der Waals surface area contributed by atoms with Gasteiger partial charge in [-0.15, -0.1) is 0 Å². The molecule has 1 N–H and O–H groups in total. The van der Waals surface area contributed by atoms with Crippen molar-refractivity contribution in [3.63, 3.8) is 0 Å². The minimum Gasteiger partial charge on any atom is -0.336 e. The fraction of sp³-hybridized carbons (Fsp3) is 0.450. The van der Waals surface area contributed by atoms with Gasteiger partial charge in [0.15, 0.2) is 0 Å². The number of nitrogens with zero attached hydrogens (tertiary/aromatic N) is 4. The molecule has 2 saturated heterocycles. The van der Waals surface area contributed by atoms with E-state index >= 15 is 0 Å². The standard InChI is InChI=1S/C20H24FN5O2/c1-14-18(11-23-26(14)16-6-4-15(21)5-7-16)20(28)24-9-2-3-17(13-24)25-10-8-22-12-19(25)27/h4-7,11,17,22H,2-3,8-10,12-13H2,1H3. The van der Waals surface area contributed by atoms with Gasteiger partial charge in [-0.2, -0.15) is 5.10 Å². The van der Waals surface area contributed by atoms with Crippen molar-refractivity contribution in [2.75, 3.05) is 32.7 Å². The Labute approximate surface area is 163 Å². The maximum absolute atomic E-state index is 13.2. The third kappa shape index (κ3) is 3.52. The summed E-state index contributed by atoms with van der Waals surface area (Å²) in [5.41, 5.74) is 1.97. The molecule has 2 fully saturated rings. The van der Waals surface area contributed by atoms with E-state index in [1.54, 1.807) is 23.0 Å². The summed E-state index contributed by atoms with van der Waals surface area (Å²) in [6.07, 6.45) is 3.36. The Bertz CT molecular complexity index is 879. The third-order valence-corrected chi connectivity index (χ3v) is 5.56. The van der Waals surface area contributed by atoms with Crippen LogP contribution in [0.5, 0.6) is 0 Å². The van der Waals surface area contributed by atoms with Crippen LogP contribution in [-0.4, -0.2) is 70.2 Å². The number of nitrogens with one attached hydrogen (secondary N) is 1. The topological polar surface area (TPSA) is 70.5 Å². The first-order valence-corrected chi connectivity index (χ1v) is 9.64. The summed E-state index contributed by atoms with van der Waals surface area (Å²) in [7, 11) is 0. The summed E-state index contributed by atoms with van der Waals surface area (Å²) in [4.78, 5) is 29.1. The fourth-order valence-corrected chi connectivity index (χ4v) is 4.03. The molecule has 2 aliphatic rings. The molecule has 7 nitrogen and oxygen atoms in total. The van der Waals surface area contributed by atoms with Crippen molar-refractivity contribution in [3.05, 3.63) is 47.5 Å². The number of rotatable bonds is 3. The molecule has 1 aromatic carbocycles. The van der Waals surface area contributed by atoms with E-state index in [0.717, 1.165) is 25.1 Å². The van der Waals surface area contributed by atoms with Crippen LogP contribution in [-0.2, 0) is 4.79 Å². The Hall–Kier alpha value is -2.74. The van der Waals surface area contributed by atoms with Crippen molar-refractivity contribution in [1.29, 1.82) is 0 Å². The number of likely N-dealkylation sites (tertiary alicyclic amines) is 1. The van der Waals surface area contributed by atoms with Crippen LogP contribution in [0.3, 0.4) is 0 Å². The number of halogens is 1. The van der Waals surface area contributed by atoms with E-state index in [9.17, 15) is 14.0 Å². The lowest BCUT2D eigenvalue weighted by Crippen LogP contribution is -2.57. The zero-order valence-electron chi connectivity index (χ0n) is 15.9. The maximum Gasteiger partial charge on any atom is 0.257 e. The first-order chi connectivity index (χ1) is 13.5. The molecule has 28 heavy (non-hydrogen) atoms. The number of benzene rings is 1. The van der Waals surface area contributed by atoms with E-state index in [1.807, 2.05) is 16.7 Å². The molecular formula is C20H24FN5O2. The molecule has 0 spiro atoms. The molecule has 1 aromatic heterocycles. The average molecular weight is 385 g/mol. The smallest absolute Gasteiger partial charge is 0.257 e. The van der Waals surface area contributed by atoms with Crippen molar-refractivity contribution >= 4 is 11.8 Å². The summed E-state index contributed by atoms with van der Waals surface area (Å²) in [5.74, 6) is -0.282. The highest BCUT2D eigenvalue weighted by molar-refractivity contribution is 5.95. The molecule has 0 bridgehead atoms. The minimum absolute atomic E-state index is 0.0692. The average Bonchev–Trinajstić information content (AvgIpc) is 3.10. The molecule has 0 aliphatic carbocycles. The summed E-state index contributed by atoms with van der Waals surface area (Å²) in [5, 5.41) is 7.41. The second-order valence-corrected chi connectivity index (χ2v) is 7.34. The molecule has 8 heteroatoms. The fourth-order valence-electron chi connectivity index (χ4n) is 4.03. The van der Waals surface area contributed by atoms with Crippen LogP contribution in [0.4, 0.5) is 4.39 Å². The second kappa shape index (κ2) is 7.71. The lowest BCUT2D eigenvalue weighted by molar-refractivity contribution is -0.135. The Kier molecular flexibility index (Phi) is 5.13. The van der Waals surface area contributed by atoms with E-state index in [0.29, 0.717) is 37.4 Å². The lowest BCUT2D eigenvalue weighted by Gasteiger charge is -2.41. The Morgan fingerprint density at radius 2 is 2.04 bits per heavy atom. The summed E-state index contributed by atoms with van der Waals surface area (Å²) < 4.78 is 14.8. The van der Waals surface area contributed by atoms with Crippen LogP contribution in [0.25, 0.3) is 5.69 Å². The second-order valence-electron chi connectivity index (χ2n) is 7.34. The first-order valence-electron chi connectivity index (χ1n) is 9.64. The van der Waals surface area contributed by atoms with Gasteiger partial charge in [-0.1, -0.05) is 0 Å². The van der Waals surface area contributed by atoms with Gasteiger partial charge in [-0.05, 0) is 44.0 Å². The van der Waals surface area contributed by atoms with Crippen LogP contribution < -0.4 is 5.32 Å². The van der Waals surface area contributed by atoms with E-state index in [4.69, 9.17) is 0 Å². The summed E-state index contributed by atoms with van der Waals surface area (Å²) in [6.45, 7) is 4.91. The number of piperidine rings is 1. The molecule has 0 saturated carbocycles. The Balaban J connectivity index is 1.51. The van der Waals surface area contributed by atoms with E-state index in [1.165, 1.54) is 12.1 Å². The molecule has 148 valence electrons. The zero-order valence-corrected chi connectivity index (χ0v) is 15.9. The molecule has 1 atom stereocenters. The molecule has 0 radical (unpaired) electrons. The SMILES string of the molecule is Cc1c(C(=O)N2CCCC(N3CCNCC3=O)C2)cnn1-c1ccc(F)cc1. The summed E-state index contributed by atoms with van der Waals surface area (Å²) >= 11 is 0. The predicted octanol–water partition coefficient (Wildman–Crippen LogP) is 1.36. The van der Waals surface area contributed by atoms with Gasteiger partial charge in [-0.3, -0.25) is 9.59 Å². The van der Waals surface area contributed by atoms with Crippen molar-refractivity contribution < 1.29 is 14.0 Å². The highest BCUT2D eigenvalue weighted by Crippen LogP contribution is 2.21. The van der Waals surface area contributed by atoms with Crippen LogP contribution in [0.2, 0.25) is 0 Å². The minimum atomic E-state index is -0.313. The molecule has 2 aromatic rings. The Morgan fingerprint density at radius 1 is 1.25 bits per heavy atom. The number of carbonyl (C=O) groups excluding carboxylic acids is 2. The van der Waals surface area contributed by atoms with Gasteiger partial charge in [0.05, 0.1) is 29.7 Å². The molecule has 3 heterocycles. The molecule has 1 unspecified atom stereocenters. The lowest BCUT2D eigenvalue weighted by atomic mass is 10.0. The number of piperazine rings is 1. The number of aromatic nitrogens is 2. The van der Waals surface area contributed by atoms with Gasteiger partial charge in [0.2, 0.25) is 5.91 Å². The van der Waals surface area contributed by atoms with Crippen LogP contribution in [0, 0.1) is 12.7 Å². The molecule has 2 aliphatic heterocycles. The monoisotopic (exact) mass is 385 g/mol. The van der Waals surface area contributed by atoms with Crippen molar-refractivity contribution in [3.8, 4) is 5.69 Å².